The molecule has 0 bridgehead atoms. The number of anilines is 1. The van der Waals surface area contributed by atoms with Crippen molar-refractivity contribution in [2.24, 2.45) is 10.2 Å². The van der Waals surface area contributed by atoms with E-state index in [4.69, 9.17) is 10.8 Å². The zero-order valence-corrected chi connectivity index (χ0v) is 14.4. The summed E-state index contributed by atoms with van der Waals surface area (Å²) in [6.07, 6.45) is 0. The van der Waals surface area contributed by atoms with E-state index >= 15 is 0 Å². The Kier molecular flexibility index (Phi) is 4.52. The fraction of sp³-hybridized carbons (Fsp3) is 0. The quantitative estimate of drug-likeness (QED) is 0.302. The number of aromatic carboxylic acids is 1. The van der Waals surface area contributed by atoms with Crippen molar-refractivity contribution >= 4 is 43.9 Å². The summed E-state index contributed by atoms with van der Waals surface area (Å²) in [6.45, 7) is 0. The third-order valence-electron chi connectivity index (χ3n) is 3.79. The van der Waals surface area contributed by atoms with Gasteiger partial charge in [0, 0.05) is 5.39 Å². The van der Waals surface area contributed by atoms with Crippen LogP contribution in [0.5, 0.6) is 5.75 Å². The topological polar surface area (TPSA) is 163 Å². The molecule has 0 spiro atoms. The van der Waals surface area contributed by atoms with Crippen LogP contribution >= 0.6 is 0 Å². The number of rotatable bonds is 4. The number of carbonyl (C=O) groups is 1. The first kappa shape index (κ1) is 18.3. The molecule has 0 aromatic heterocycles. The Morgan fingerprint density at radius 3 is 2.30 bits per heavy atom. The molecule has 0 heterocycles. The second-order valence-electron chi connectivity index (χ2n) is 5.53. The monoisotopic (exact) mass is 387 g/mol. The highest BCUT2D eigenvalue weighted by Gasteiger charge is 2.20. The fourth-order valence-corrected chi connectivity index (χ4v) is 3.22. The maximum atomic E-state index is 11.7. The van der Waals surface area contributed by atoms with Crippen LogP contribution in [-0.4, -0.2) is 29.2 Å². The first-order chi connectivity index (χ1) is 12.7. The number of phenols is 1. The van der Waals surface area contributed by atoms with Gasteiger partial charge in [-0.1, -0.05) is 12.1 Å². The Hall–Kier alpha value is -3.50. The second-order valence-corrected chi connectivity index (χ2v) is 6.92. The van der Waals surface area contributed by atoms with Crippen LogP contribution in [0.3, 0.4) is 0 Å². The summed E-state index contributed by atoms with van der Waals surface area (Å²) in [5.74, 6) is -1.37. The van der Waals surface area contributed by atoms with Crippen molar-refractivity contribution in [2.75, 3.05) is 5.73 Å². The van der Waals surface area contributed by atoms with Gasteiger partial charge in [0.05, 0.1) is 22.3 Å². The van der Waals surface area contributed by atoms with Gasteiger partial charge in [0.2, 0.25) is 0 Å². The average molecular weight is 387 g/mol. The van der Waals surface area contributed by atoms with Crippen molar-refractivity contribution in [2.45, 2.75) is 4.90 Å². The number of carboxylic acids is 1. The summed E-state index contributed by atoms with van der Waals surface area (Å²) in [7, 11) is -4.62. The van der Waals surface area contributed by atoms with Crippen molar-refractivity contribution < 1.29 is 28.0 Å². The van der Waals surface area contributed by atoms with E-state index in [0.29, 0.717) is 5.69 Å². The molecular formula is C17H13N3O6S. The lowest BCUT2D eigenvalue weighted by atomic mass is 10.1. The molecular weight excluding hydrogens is 374 g/mol. The molecule has 5 N–H and O–H groups in total. The van der Waals surface area contributed by atoms with Gasteiger partial charge in [0.25, 0.3) is 10.1 Å². The molecule has 0 aliphatic carbocycles. The second kappa shape index (κ2) is 6.67. The van der Waals surface area contributed by atoms with Crippen LogP contribution in [0.2, 0.25) is 0 Å². The first-order valence-corrected chi connectivity index (χ1v) is 8.89. The van der Waals surface area contributed by atoms with Crippen LogP contribution in [0.15, 0.2) is 63.7 Å². The first-order valence-electron chi connectivity index (χ1n) is 7.45. The summed E-state index contributed by atoms with van der Waals surface area (Å²) >= 11 is 0. The van der Waals surface area contributed by atoms with E-state index in [9.17, 15) is 22.9 Å². The van der Waals surface area contributed by atoms with Gasteiger partial charge in [-0.25, -0.2) is 4.79 Å². The van der Waals surface area contributed by atoms with Gasteiger partial charge in [0.1, 0.15) is 16.3 Å². The van der Waals surface area contributed by atoms with Crippen molar-refractivity contribution in [1.82, 2.24) is 0 Å². The summed E-state index contributed by atoms with van der Waals surface area (Å²) in [4.78, 5) is 10.4. The molecule has 27 heavy (non-hydrogen) atoms. The number of azo groups is 1. The Balaban J connectivity index is 2.15. The van der Waals surface area contributed by atoms with E-state index in [1.165, 1.54) is 42.5 Å². The lowest BCUT2D eigenvalue weighted by Crippen LogP contribution is -2.01. The number of phenolic OH excluding ortho intramolecular Hbond substituents is 1. The number of nitrogens with two attached hydrogens (primary N) is 1. The molecule has 0 saturated heterocycles. The summed E-state index contributed by atoms with van der Waals surface area (Å²) in [5, 5.41) is 26.8. The van der Waals surface area contributed by atoms with Crippen LogP contribution in [0, 0.1) is 0 Å². The molecule has 0 saturated carbocycles. The minimum Gasteiger partial charge on any atom is -0.507 e. The number of hydrogen-bond acceptors (Lipinski definition) is 7. The standard InChI is InChI=1S/C17H13N3O6S/c18-16-12(20-19-10-6-4-9(5-7-10)17(22)23)8-14(27(24,25)26)11-2-1-3-13(21)15(11)16/h1-8,21H,18H2,(H,22,23)(H,24,25,26). The van der Waals surface area contributed by atoms with E-state index < -0.39 is 21.0 Å². The summed E-state index contributed by atoms with van der Waals surface area (Å²) in [5.41, 5.74) is 6.25. The van der Waals surface area contributed by atoms with Crippen LogP contribution in [0.25, 0.3) is 10.8 Å². The van der Waals surface area contributed by atoms with Crippen LogP contribution in [0.4, 0.5) is 17.1 Å². The molecule has 0 amide bonds. The number of nitrogens with zero attached hydrogens (tertiary/aromatic N) is 2. The third-order valence-corrected chi connectivity index (χ3v) is 4.68. The highest BCUT2D eigenvalue weighted by Crippen LogP contribution is 2.40. The van der Waals surface area contributed by atoms with E-state index in [-0.39, 0.29) is 33.5 Å². The van der Waals surface area contributed by atoms with Gasteiger partial charge < -0.3 is 15.9 Å². The highest BCUT2D eigenvalue weighted by atomic mass is 32.2. The number of fused-ring (bicyclic) bond motifs is 1. The van der Waals surface area contributed by atoms with Gasteiger partial charge in [-0.3, -0.25) is 4.55 Å². The van der Waals surface area contributed by atoms with Gasteiger partial charge in [-0.05, 0) is 36.4 Å². The fourth-order valence-electron chi connectivity index (χ4n) is 2.51. The molecule has 0 fully saturated rings. The summed E-state index contributed by atoms with van der Waals surface area (Å²) < 4.78 is 32.9. The molecule has 138 valence electrons. The zero-order valence-electron chi connectivity index (χ0n) is 13.6. The number of aromatic hydroxyl groups is 1. The predicted molar refractivity (Wildman–Crippen MR) is 97.4 cm³/mol. The number of benzene rings is 3. The molecule has 0 radical (unpaired) electrons. The zero-order chi connectivity index (χ0) is 19.8. The number of nitrogen functional groups attached to an aromatic ring is 1. The molecule has 3 aromatic rings. The van der Waals surface area contributed by atoms with Gasteiger partial charge >= 0.3 is 5.97 Å². The molecule has 0 unspecified atom stereocenters. The van der Waals surface area contributed by atoms with Crippen LogP contribution < -0.4 is 5.73 Å². The molecule has 0 atom stereocenters. The third kappa shape index (κ3) is 3.57. The normalized spacial score (nSPS) is 11.9. The average Bonchev–Trinajstić information content (AvgIpc) is 2.60. The maximum Gasteiger partial charge on any atom is 0.335 e. The van der Waals surface area contributed by atoms with Crippen molar-refractivity contribution in [3.63, 3.8) is 0 Å². The number of carboxylic acid groups (broad SMARTS) is 1. The minimum absolute atomic E-state index is 0.0165. The molecule has 9 nitrogen and oxygen atoms in total. The van der Waals surface area contributed by atoms with Crippen molar-refractivity contribution in [1.29, 1.82) is 0 Å². The lowest BCUT2D eigenvalue weighted by Gasteiger charge is -2.10. The van der Waals surface area contributed by atoms with Crippen molar-refractivity contribution in [3.05, 3.63) is 54.1 Å². The van der Waals surface area contributed by atoms with Crippen LogP contribution in [0.1, 0.15) is 10.4 Å². The largest absolute Gasteiger partial charge is 0.507 e. The Morgan fingerprint density at radius 2 is 1.70 bits per heavy atom. The van der Waals surface area contributed by atoms with Gasteiger partial charge in [0.15, 0.2) is 0 Å². The molecule has 3 rings (SSSR count). The lowest BCUT2D eigenvalue weighted by molar-refractivity contribution is 0.0697. The van der Waals surface area contributed by atoms with Gasteiger partial charge in [-0.15, -0.1) is 5.11 Å². The molecule has 10 heteroatoms. The van der Waals surface area contributed by atoms with E-state index in [1.54, 1.807) is 0 Å². The number of hydrogen-bond donors (Lipinski definition) is 4. The molecule has 0 aliphatic rings. The Bertz CT molecular complexity index is 1190. The Morgan fingerprint density at radius 1 is 1.04 bits per heavy atom. The van der Waals surface area contributed by atoms with E-state index in [0.717, 1.165) is 6.07 Å². The summed E-state index contributed by atoms with van der Waals surface area (Å²) in [6, 6.07) is 10.6. The molecule has 3 aromatic carbocycles. The molecule has 0 aliphatic heterocycles. The SMILES string of the molecule is Nc1c(N=Nc2ccc(C(=O)O)cc2)cc(S(=O)(=O)O)c2cccc(O)c12. The van der Waals surface area contributed by atoms with E-state index in [2.05, 4.69) is 10.2 Å². The smallest absolute Gasteiger partial charge is 0.335 e. The Labute approximate surface area is 153 Å². The predicted octanol–water partition coefficient (Wildman–Crippen LogP) is 3.49. The van der Waals surface area contributed by atoms with Crippen molar-refractivity contribution in [3.8, 4) is 5.75 Å². The maximum absolute atomic E-state index is 11.7. The highest BCUT2D eigenvalue weighted by molar-refractivity contribution is 7.86. The van der Waals surface area contributed by atoms with Gasteiger partial charge in [-0.2, -0.15) is 13.5 Å². The van der Waals surface area contributed by atoms with E-state index in [1.807, 2.05) is 0 Å². The van der Waals surface area contributed by atoms with Crippen LogP contribution in [-0.2, 0) is 10.1 Å². The minimum atomic E-state index is -4.62.